The highest BCUT2D eigenvalue weighted by atomic mass is 16.3. The number of nitrogens with zero attached hydrogens (tertiary/aromatic N) is 3. The van der Waals surface area contributed by atoms with Crippen molar-refractivity contribution in [1.82, 2.24) is 0 Å². The Balaban J connectivity index is 1.11. The number of fused-ring (bicyclic) bond motifs is 11. The third-order valence-corrected chi connectivity index (χ3v) is 15.6. The molecule has 0 fully saturated rings. The van der Waals surface area contributed by atoms with E-state index in [1.807, 2.05) is 36.4 Å². The molecule has 0 spiro atoms. The lowest BCUT2D eigenvalue weighted by Gasteiger charge is -2.29. The summed E-state index contributed by atoms with van der Waals surface area (Å²) in [5, 5.41) is 19.1. The van der Waals surface area contributed by atoms with Crippen molar-refractivity contribution in [2.45, 2.75) is 0 Å². The summed E-state index contributed by atoms with van der Waals surface area (Å²) in [6.45, 7) is 0. The molecule has 0 aliphatic heterocycles. The van der Waals surface area contributed by atoms with Gasteiger partial charge in [0.1, 0.15) is 22.3 Å². The van der Waals surface area contributed by atoms with Crippen molar-refractivity contribution in [2.75, 3.05) is 9.80 Å². The fraction of sp³-hybridized carbons (Fsp3) is 0. The van der Waals surface area contributed by atoms with Gasteiger partial charge in [0.2, 0.25) is 0 Å². The van der Waals surface area contributed by atoms with E-state index in [0.717, 1.165) is 133 Å². The maximum atomic E-state index is 12.0. The molecule has 0 amide bonds. The van der Waals surface area contributed by atoms with E-state index < -0.39 is 0 Å². The maximum Gasteiger partial charge on any atom is 0.144 e. The Bertz CT molecular complexity index is 4840. The second kappa shape index (κ2) is 19.3. The van der Waals surface area contributed by atoms with Crippen LogP contribution < -0.4 is 9.80 Å². The molecule has 2 aromatic heterocycles. The lowest BCUT2D eigenvalue weighted by molar-refractivity contribution is 0.669. The molecule has 0 atom stereocenters. The molecule has 0 bridgehead atoms. The Morgan fingerprint density at radius 3 is 1.23 bits per heavy atom. The quantitative estimate of drug-likeness (QED) is 0.128. The van der Waals surface area contributed by atoms with Crippen LogP contribution in [0.5, 0.6) is 0 Å². The lowest BCUT2D eigenvalue weighted by Crippen LogP contribution is -2.12. The summed E-state index contributed by atoms with van der Waals surface area (Å²) in [4.78, 5) is 4.59. The van der Waals surface area contributed by atoms with Crippen LogP contribution >= 0.6 is 0 Å². The van der Waals surface area contributed by atoms with Gasteiger partial charge >= 0.3 is 0 Å². The molecule has 0 aliphatic carbocycles. The second-order valence-electron chi connectivity index (χ2n) is 20.3. The van der Waals surface area contributed by atoms with E-state index in [9.17, 15) is 5.26 Å². The molecule has 15 aromatic rings. The van der Waals surface area contributed by atoms with Gasteiger partial charge in [-0.3, -0.25) is 0 Å². The average Bonchev–Trinajstić information content (AvgIpc) is 4.17. The summed E-state index contributed by atoms with van der Waals surface area (Å²) >= 11 is 0. The molecular formula is C75H47N3O2. The molecule has 0 aliphatic rings. The van der Waals surface area contributed by atoms with E-state index in [1.54, 1.807) is 0 Å². The van der Waals surface area contributed by atoms with Crippen molar-refractivity contribution < 1.29 is 8.83 Å². The smallest absolute Gasteiger partial charge is 0.144 e. The summed E-state index contributed by atoms with van der Waals surface area (Å²) in [5.74, 6) is 0. The predicted octanol–water partition coefficient (Wildman–Crippen LogP) is 21.3. The summed E-state index contributed by atoms with van der Waals surface area (Å²) in [7, 11) is 0. The van der Waals surface area contributed by atoms with Crippen LogP contribution in [0.25, 0.3) is 110 Å². The summed E-state index contributed by atoms with van der Waals surface area (Å²) in [6.07, 6.45) is 0. The van der Waals surface area contributed by atoms with Gasteiger partial charge in [0.05, 0.1) is 23.0 Å². The fourth-order valence-electron chi connectivity index (χ4n) is 11.9. The first-order valence-corrected chi connectivity index (χ1v) is 26.9. The van der Waals surface area contributed by atoms with E-state index >= 15 is 0 Å². The number of hydrogen-bond donors (Lipinski definition) is 0. The minimum atomic E-state index is 0.502. The Labute approximate surface area is 462 Å². The van der Waals surface area contributed by atoms with Gasteiger partial charge in [-0.15, -0.1) is 0 Å². The predicted molar refractivity (Wildman–Crippen MR) is 332 cm³/mol. The SMILES string of the molecule is N#Cc1cc2c(N(c3ccccc3)c3ccc(-c4ccccc4)cc3)cc3oc4ccc(-c5ccccc5)cc4c3c2c2c1c(N(c1ccccc1)c1ccc(-c3ccccc3)cc1)cc1c3ccc(-c4ccccc4)cc3oc12. The van der Waals surface area contributed by atoms with Crippen molar-refractivity contribution in [1.29, 1.82) is 5.26 Å². The molecule has 0 unspecified atom stereocenters. The molecule has 13 aromatic carbocycles. The van der Waals surface area contributed by atoms with E-state index in [4.69, 9.17) is 8.83 Å². The van der Waals surface area contributed by atoms with E-state index in [1.165, 1.54) is 0 Å². The first kappa shape index (κ1) is 46.4. The zero-order chi connectivity index (χ0) is 53.1. The number of nitriles is 1. The van der Waals surface area contributed by atoms with Crippen molar-refractivity contribution in [3.8, 4) is 50.6 Å². The minimum Gasteiger partial charge on any atom is -0.456 e. The van der Waals surface area contributed by atoms with Crippen molar-refractivity contribution in [3.05, 3.63) is 291 Å². The zero-order valence-electron chi connectivity index (χ0n) is 43.3. The Morgan fingerprint density at radius 2 is 0.700 bits per heavy atom. The second-order valence-corrected chi connectivity index (χ2v) is 20.3. The van der Waals surface area contributed by atoms with Crippen molar-refractivity contribution in [3.63, 3.8) is 0 Å². The molecule has 0 saturated heterocycles. The maximum absolute atomic E-state index is 12.0. The normalized spacial score (nSPS) is 11.5. The molecule has 374 valence electrons. The third-order valence-electron chi connectivity index (χ3n) is 15.6. The molecule has 5 nitrogen and oxygen atoms in total. The van der Waals surface area contributed by atoms with Crippen LogP contribution in [0, 0.1) is 11.3 Å². The van der Waals surface area contributed by atoms with Crippen LogP contribution in [0.3, 0.4) is 0 Å². The van der Waals surface area contributed by atoms with E-state index in [-0.39, 0.29) is 0 Å². The summed E-state index contributed by atoms with van der Waals surface area (Å²) < 4.78 is 14.6. The topological polar surface area (TPSA) is 56.6 Å². The van der Waals surface area contributed by atoms with Crippen molar-refractivity contribution in [2.24, 2.45) is 0 Å². The molecular weight excluding hydrogens is 975 g/mol. The molecule has 15 rings (SSSR count). The van der Waals surface area contributed by atoms with Gasteiger partial charge in [-0.2, -0.15) is 5.26 Å². The van der Waals surface area contributed by atoms with Gasteiger partial charge in [0, 0.05) is 71.9 Å². The largest absolute Gasteiger partial charge is 0.456 e. The first-order chi connectivity index (χ1) is 39.6. The number of para-hydroxylation sites is 2. The molecule has 80 heavy (non-hydrogen) atoms. The highest BCUT2D eigenvalue weighted by molar-refractivity contribution is 6.37. The number of hydrogen-bond acceptors (Lipinski definition) is 5. The van der Waals surface area contributed by atoms with Crippen molar-refractivity contribution >= 4 is 99.5 Å². The zero-order valence-corrected chi connectivity index (χ0v) is 43.3. The average molecular weight is 1020 g/mol. The monoisotopic (exact) mass is 1020 g/mol. The number of furan rings is 2. The standard InChI is InChI=1S/C75H47N3O2/c76-48-57-44-64-66(77(58-27-15-5-16-28-58)60-37-31-53(32-38-60)49-19-7-1-8-20-49)47-70-72(65-43-55(36-42-68(65)79-70)51-23-11-3-12-24-51)73(64)74-71(57)67(46-63-62-41-35-56(45-69(62)80-75(63)74)52-25-13-4-14-26-52)78(59-29-17-6-18-30-59)61-39-33-54(34-40-61)50-21-9-2-10-22-50/h1-47H. The lowest BCUT2D eigenvalue weighted by atomic mass is 9.89. The van der Waals surface area contributed by atoms with E-state index in [2.05, 4.69) is 265 Å². The summed E-state index contributed by atoms with van der Waals surface area (Å²) in [5.41, 5.74) is 17.7. The van der Waals surface area contributed by atoms with Gasteiger partial charge < -0.3 is 18.6 Å². The van der Waals surface area contributed by atoms with Crippen LogP contribution in [0.4, 0.5) is 34.1 Å². The van der Waals surface area contributed by atoms with Crippen LogP contribution in [0.15, 0.2) is 294 Å². The van der Waals surface area contributed by atoms with Gasteiger partial charge in [-0.25, -0.2) is 0 Å². The number of anilines is 6. The Hall–Kier alpha value is -10.9. The van der Waals surface area contributed by atoms with Crippen LogP contribution in [0.2, 0.25) is 0 Å². The molecule has 0 saturated carbocycles. The van der Waals surface area contributed by atoms with Gasteiger partial charge in [-0.05, 0) is 129 Å². The number of benzene rings is 13. The molecule has 2 heterocycles. The molecule has 5 heteroatoms. The van der Waals surface area contributed by atoms with Gasteiger partial charge in [0.25, 0.3) is 0 Å². The Morgan fingerprint density at radius 1 is 0.263 bits per heavy atom. The Kier molecular flexibility index (Phi) is 11.2. The van der Waals surface area contributed by atoms with Gasteiger partial charge in [-0.1, -0.05) is 194 Å². The molecule has 0 N–H and O–H groups in total. The number of rotatable bonds is 10. The highest BCUT2D eigenvalue weighted by Crippen LogP contribution is 2.53. The fourth-order valence-corrected chi connectivity index (χ4v) is 11.9. The van der Waals surface area contributed by atoms with Gasteiger partial charge in [0.15, 0.2) is 0 Å². The minimum absolute atomic E-state index is 0.502. The summed E-state index contributed by atoms with van der Waals surface area (Å²) in [6, 6.07) is 103. The first-order valence-electron chi connectivity index (χ1n) is 26.9. The van der Waals surface area contributed by atoms with Crippen LogP contribution in [-0.2, 0) is 0 Å². The molecule has 0 radical (unpaired) electrons. The van der Waals surface area contributed by atoms with Crippen LogP contribution in [-0.4, -0.2) is 0 Å². The highest BCUT2D eigenvalue weighted by Gasteiger charge is 2.29. The third kappa shape index (κ3) is 7.85. The van der Waals surface area contributed by atoms with Crippen LogP contribution in [0.1, 0.15) is 5.56 Å². The van der Waals surface area contributed by atoms with E-state index in [0.29, 0.717) is 16.7 Å².